The Bertz CT molecular complexity index is 638. The van der Waals surface area contributed by atoms with Crippen LogP contribution in [0.4, 0.5) is 9.18 Å². The molecule has 0 spiro atoms. The van der Waals surface area contributed by atoms with E-state index in [9.17, 15) is 14.0 Å². The molecule has 2 rings (SSSR count). The first kappa shape index (κ1) is 19.5. The van der Waals surface area contributed by atoms with Gasteiger partial charge in [0.15, 0.2) is 0 Å². The van der Waals surface area contributed by atoms with E-state index in [-0.39, 0.29) is 35.7 Å². The van der Waals surface area contributed by atoms with Crippen LogP contribution in [-0.2, 0) is 4.79 Å². The van der Waals surface area contributed by atoms with E-state index in [1.807, 2.05) is 11.8 Å². The van der Waals surface area contributed by atoms with E-state index in [2.05, 4.69) is 10.6 Å². The Labute approximate surface area is 151 Å². The molecule has 2 amide bonds. The lowest BCUT2D eigenvalue weighted by Gasteiger charge is -2.42. The van der Waals surface area contributed by atoms with Gasteiger partial charge in [0.05, 0.1) is 12.6 Å². The summed E-state index contributed by atoms with van der Waals surface area (Å²) in [5.74, 6) is -1.27. The Morgan fingerprint density at radius 3 is 2.68 bits per heavy atom. The van der Waals surface area contributed by atoms with Gasteiger partial charge in [-0.05, 0) is 44.0 Å². The molecule has 1 aromatic rings. The third-order valence-corrected chi connectivity index (χ3v) is 4.81. The molecule has 1 atom stereocenters. The smallest absolute Gasteiger partial charge is 0.317 e. The van der Waals surface area contributed by atoms with E-state index in [1.54, 1.807) is 13.0 Å². The average molecular weight is 372 g/mol. The number of carbonyl (C=O) groups excluding carboxylic acids is 1. The zero-order valence-corrected chi connectivity index (χ0v) is 15.0. The van der Waals surface area contributed by atoms with Gasteiger partial charge in [0.25, 0.3) is 0 Å². The van der Waals surface area contributed by atoms with Crippen molar-refractivity contribution in [2.45, 2.75) is 44.8 Å². The highest BCUT2D eigenvalue weighted by Gasteiger charge is 2.34. The lowest BCUT2D eigenvalue weighted by atomic mass is 9.85. The minimum Gasteiger partial charge on any atom is -0.480 e. The molecule has 138 valence electrons. The largest absolute Gasteiger partial charge is 0.480 e. The van der Waals surface area contributed by atoms with Crippen LogP contribution in [0.2, 0.25) is 5.02 Å². The molecule has 0 aliphatic heterocycles. The van der Waals surface area contributed by atoms with E-state index in [0.717, 1.165) is 12.8 Å². The number of amides is 2. The molecule has 0 bridgehead atoms. The van der Waals surface area contributed by atoms with Crippen LogP contribution >= 0.6 is 11.6 Å². The third-order valence-electron chi connectivity index (χ3n) is 4.49. The summed E-state index contributed by atoms with van der Waals surface area (Å²) in [7, 11) is 0. The molecule has 1 aliphatic rings. The van der Waals surface area contributed by atoms with Gasteiger partial charge in [-0.15, -0.1) is 0 Å². The van der Waals surface area contributed by atoms with Gasteiger partial charge in [-0.3, -0.25) is 9.69 Å². The summed E-state index contributed by atoms with van der Waals surface area (Å²) in [5.41, 5.74) is 0.642. The van der Waals surface area contributed by atoms with Crippen LogP contribution in [0.1, 0.15) is 38.3 Å². The number of hydrogen-bond acceptors (Lipinski definition) is 3. The predicted molar refractivity (Wildman–Crippen MR) is 93.2 cm³/mol. The van der Waals surface area contributed by atoms with Gasteiger partial charge >= 0.3 is 12.0 Å². The number of rotatable bonds is 7. The van der Waals surface area contributed by atoms with Crippen molar-refractivity contribution in [1.29, 1.82) is 0 Å². The van der Waals surface area contributed by atoms with Gasteiger partial charge in [0.2, 0.25) is 0 Å². The van der Waals surface area contributed by atoms with E-state index in [4.69, 9.17) is 16.7 Å². The van der Waals surface area contributed by atoms with Gasteiger partial charge in [0.1, 0.15) is 5.82 Å². The first-order chi connectivity index (χ1) is 11.8. The molecule has 6 nitrogen and oxygen atoms in total. The Hall–Kier alpha value is -1.86. The lowest BCUT2D eigenvalue weighted by molar-refractivity contribution is -0.139. The molecule has 0 unspecified atom stereocenters. The van der Waals surface area contributed by atoms with Crippen molar-refractivity contribution < 1.29 is 19.1 Å². The highest BCUT2D eigenvalue weighted by Crippen LogP contribution is 2.26. The first-order valence-electron chi connectivity index (χ1n) is 8.28. The zero-order valence-electron chi connectivity index (χ0n) is 14.3. The van der Waals surface area contributed by atoms with Crippen LogP contribution < -0.4 is 10.6 Å². The summed E-state index contributed by atoms with van der Waals surface area (Å²) in [4.78, 5) is 24.8. The molecule has 0 heterocycles. The van der Waals surface area contributed by atoms with Crippen molar-refractivity contribution in [2.24, 2.45) is 0 Å². The van der Waals surface area contributed by atoms with Crippen molar-refractivity contribution in [1.82, 2.24) is 15.5 Å². The van der Waals surface area contributed by atoms with Gasteiger partial charge in [-0.2, -0.15) is 0 Å². The van der Waals surface area contributed by atoms with Crippen LogP contribution in [0.3, 0.4) is 0 Å². The molecule has 1 aliphatic carbocycles. The SMILES string of the molecule is CCN(CC(=O)O)C1CC(NC(=O)N[C@@H](C)c2ccc(F)cc2Cl)C1. The predicted octanol–water partition coefficient (Wildman–Crippen LogP) is 2.78. The number of nitrogens with zero attached hydrogens (tertiary/aromatic N) is 1. The van der Waals surface area contributed by atoms with Crippen LogP contribution in [0.5, 0.6) is 0 Å². The fourth-order valence-electron chi connectivity index (χ4n) is 3.03. The van der Waals surface area contributed by atoms with Crippen molar-refractivity contribution in [3.8, 4) is 0 Å². The molecule has 25 heavy (non-hydrogen) atoms. The second-order valence-electron chi connectivity index (χ2n) is 6.28. The molecule has 0 aromatic heterocycles. The fraction of sp³-hybridized carbons (Fsp3) is 0.529. The fourth-order valence-corrected chi connectivity index (χ4v) is 3.36. The summed E-state index contributed by atoms with van der Waals surface area (Å²) in [5, 5.41) is 14.8. The van der Waals surface area contributed by atoms with E-state index in [1.165, 1.54) is 12.1 Å². The van der Waals surface area contributed by atoms with Crippen LogP contribution in [-0.4, -0.2) is 47.2 Å². The number of benzene rings is 1. The minimum absolute atomic E-state index is 0.0141. The summed E-state index contributed by atoms with van der Waals surface area (Å²) < 4.78 is 13.1. The summed E-state index contributed by atoms with van der Waals surface area (Å²) in [6.07, 6.45) is 1.44. The Kier molecular flexibility index (Phi) is 6.61. The first-order valence-corrected chi connectivity index (χ1v) is 8.65. The maximum atomic E-state index is 13.1. The molecule has 3 N–H and O–H groups in total. The molecule has 0 saturated heterocycles. The summed E-state index contributed by atoms with van der Waals surface area (Å²) in [6, 6.07) is 3.58. The van der Waals surface area contributed by atoms with E-state index < -0.39 is 11.8 Å². The maximum absolute atomic E-state index is 13.1. The number of likely N-dealkylation sites (N-methyl/N-ethyl adjacent to an activating group) is 1. The number of urea groups is 1. The van der Waals surface area contributed by atoms with E-state index in [0.29, 0.717) is 12.1 Å². The number of carboxylic acid groups (broad SMARTS) is 1. The average Bonchev–Trinajstić information content (AvgIpc) is 2.48. The van der Waals surface area contributed by atoms with Crippen molar-refractivity contribution in [3.63, 3.8) is 0 Å². The number of carboxylic acids is 1. The monoisotopic (exact) mass is 371 g/mol. The minimum atomic E-state index is -0.846. The standard InChI is InChI=1S/C17H23ClFN3O3/c1-3-22(9-16(23)24)13-7-12(8-13)21-17(25)20-10(2)14-5-4-11(19)6-15(14)18/h4-6,10,12-13H,3,7-9H2,1-2H3,(H,23,24)(H2,20,21,25)/t10-,12?,13?/m0/s1. The van der Waals surface area contributed by atoms with Crippen molar-refractivity contribution >= 4 is 23.6 Å². The topological polar surface area (TPSA) is 81.7 Å². The molecular formula is C17H23ClFN3O3. The number of hydrogen-bond donors (Lipinski definition) is 3. The van der Waals surface area contributed by atoms with Crippen molar-refractivity contribution in [3.05, 3.63) is 34.6 Å². The van der Waals surface area contributed by atoms with Gasteiger partial charge in [-0.1, -0.05) is 24.6 Å². The Balaban J connectivity index is 1.79. The maximum Gasteiger partial charge on any atom is 0.317 e. The lowest BCUT2D eigenvalue weighted by Crippen LogP contribution is -2.56. The highest BCUT2D eigenvalue weighted by molar-refractivity contribution is 6.31. The molecule has 0 radical (unpaired) electrons. The van der Waals surface area contributed by atoms with Gasteiger partial charge in [0, 0.05) is 17.1 Å². The molecule has 1 aromatic carbocycles. The second kappa shape index (κ2) is 8.49. The summed E-state index contributed by atoms with van der Waals surface area (Å²) >= 11 is 6.00. The zero-order chi connectivity index (χ0) is 18.6. The Morgan fingerprint density at radius 2 is 2.12 bits per heavy atom. The third kappa shape index (κ3) is 5.31. The van der Waals surface area contributed by atoms with Crippen LogP contribution in [0.15, 0.2) is 18.2 Å². The van der Waals surface area contributed by atoms with Crippen molar-refractivity contribution in [2.75, 3.05) is 13.1 Å². The number of nitrogens with one attached hydrogen (secondary N) is 2. The quantitative estimate of drug-likeness (QED) is 0.688. The number of aliphatic carboxylic acids is 1. The number of halogens is 2. The van der Waals surface area contributed by atoms with Gasteiger partial charge in [-0.25, -0.2) is 9.18 Å². The van der Waals surface area contributed by atoms with Crippen LogP contribution in [0.25, 0.3) is 0 Å². The molecule has 8 heteroatoms. The second-order valence-corrected chi connectivity index (χ2v) is 6.69. The summed E-state index contributed by atoms with van der Waals surface area (Å²) in [6.45, 7) is 4.37. The number of carbonyl (C=O) groups is 2. The molecule has 1 fully saturated rings. The molecule has 1 saturated carbocycles. The van der Waals surface area contributed by atoms with E-state index >= 15 is 0 Å². The van der Waals surface area contributed by atoms with Gasteiger partial charge < -0.3 is 15.7 Å². The normalized spacial score (nSPS) is 20.7. The van der Waals surface area contributed by atoms with Crippen LogP contribution in [0, 0.1) is 5.82 Å². The Morgan fingerprint density at radius 1 is 1.44 bits per heavy atom. The molecular weight excluding hydrogens is 349 g/mol. The highest BCUT2D eigenvalue weighted by atomic mass is 35.5.